The number of amides is 1. The monoisotopic (exact) mass is 359 g/mol. The van der Waals surface area contributed by atoms with Crippen LogP contribution in [-0.2, 0) is 14.3 Å². The van der Waals surface area contributed by atoms with E-state index >= 15 is 0 Å². The van der Waals surface area contributed by atoms with Crippen molar-refractivity contribution in [3.8, 4) is 0 Å². The zero-order valence-corrected chi connectivity index (χ0v) is 14.7. The molecule has 8 heteroatoms. The molecular formula is C18H21N3O5. The lowest BCUT2D eigenvalue weighted by molar-refractivity contribution is -0.383. The molecule has 2 N–H and O–H groups in total. The Morgan fingerprint density at radius 1 is 1.35 bits per heavy atom. The van der Waals surface area contributed by atoms with E-state index in [0.29, 0.717) is 16.5 Å². The van der Waals surface area contributed by atoms with Gasteiger partial charge in [-0.25, -0.2) is 0 Å². The minimum atomic E-state index is -0.766. The average Bonchev–Trinajstić information content (AvgIpc) is 2.59. The predicted octanol–water partition coefficient (Wildman–Crippen LogP) is 2.69. The molecule has 0 saturated carbocycles. The third-order valence-electron chi connectivity index (χ3n) is 3.85. The van der Waals surface area contributed by atoms with E-state index in [1.165, 1.54) is 12.3 Å². The molecule has 0 aliphatic heterocycles. The van der Waals surface area contributed by atoms with Crippen molar-refractivity contribution in [2.24, 2.45) is 11.7 Å². The second-order valence-electron chi connectivity index (χ2n) is 6.45. The number of fused-ring (bicyclic) bond motifs is 1. The third-order valence-corrected chi connectivity index (χ3v) is 3.85. The predicted molar refractivity (Wildman–Crippen MR) is 95.4 cm³/mol. The Balaban J connectivity index is 2.42. The maximum Gasteiger partial charge on any atom is 0.313 e. The maximum atomic E-state index is 12.5. The van der Waals surface area contributed by atoms with Crippen LogP contribution in [0.3, 0.4) is 0 Å². The highest BCUT2D eigenvalue weighted by Crippen LogP contribution is 2.29. The number of nitrogens with zero attached hydrogens (tertiary/aromatic N) is 2. The zero-order valence-electron chi connectivity index (χ0n) is 14.7. The van der Waals surface area contributed by atoms with Crippen molar-refractivity contribution < 1.29 is 19.2 Å². The third kappa shape index (κ3) is 4.75. The van der Waals surface area contributed by atoms with Crippen molar-refractivity contribution in [2.75, 3.05) is 6.61 Å². The number of ether oxygens (including phenoxy) is 1. The van der Waals surface area contributed by atoms with Crippen LogP contribution in [0.4, 0.5) is 5.69 Å². The highest BCUT2D eigenvalue weighted by molar-refractivity contribution is 5.89. The van der Waals surface area contributed by atoms with Gasteiger partial charge in [0.1, 0.15) is 0 Å². The molecule has 2 rings (SSSR count). The smallest absolute Gasteiger partial charge is 0.313 e. The quantitative estimate of drug-likeness (QED) is 0.439. The van der Waals surface area contributed by atoms with E-state index in [2.05, 4.69) is 4.98 Å². The number of nitro benzene ring substituents is 1. The first kappa shape index (κ1) is 19.3. The largest absolute Gasteiger partial charge is 0.465 e. The molecule has 0 bridgehead atoms. The normalized spacial score (nSPS) is 12.1. The summed E-state index contributed by atoms with van der Waals surface area (Å²) in [5.74, 6) is -1.64. The summed E-state index contributed by atoms with van der Waals surface area (Å²) in [4.78, 5) is 38.6. The number of non-ortho nitro benzene ring substituents is 1. The fourth-order valence-electron chi connectivity index (χ4n) is 2.56. The first-order valence-corrected chi connectivity index (χ1v) is 8.27. The lowest BCUT2D eigenvalue weighted by Crippen LogP contribution is -2.21. The summed E-state index contributed by atoms with van der Waals surface area (Å²) in [6.07, 6.45) is 1.63. The van der Waals surface area contributed by atoms with Crippen LogP contribution in [0.5, 0.6) is 0 Å². The Bertz CT molecular complexity index is 835. The fourth-order valence-corrected chi connectivity index (χ4v) is 2.56. The Morgan fingerprint density at radius 3 is 2.69 bits per heavy atom. The lowest BCUT2D eigenvalue weighted by Gasteiger charge is -2.17. The van der Waals surface area contributed by atoms with Crippen molar-refractivity contribution in [2.45, 2.75) is 32.6 Å². The average molecular weight is 359 g/mol. The number of primary amides is 1. The number of carbonyl (C=O) groups excluding carboxylic acids is 2. The molecule has 0 aliphatic carbocycles. The first-order chi connectivity index (χ1) is 12.3. The van der Waals surface area contributed by atoms with Crippen LogP contribution < -0.4 is 5.73 Å². The molecule has 0 fully saturated rings. The van der Waals surface area contributed by atoms with Gasteiger partial charge in [0.15, 0.2) is 0 Å². The molecule has 1 amide bonds. The molecule has 2 aromatic rings. The second-order valence-corrected chi connectivity index (χ2v) is 6.45. The second kappa shape index (κ2) is 8.37. The van der Waals surface area contributed by atoms with E-state index in [-0.39, 0.29) is 31.1 Å². The summed E-state index contributed by atoms with van der Waals surface area (Å²) in [6.45, 7) is 4.06. The van der Waals surface area contributed by atoms with Crippen molar-refractivity contribution in [3.63, 3.8) is 0 Å². The zero-order chi connectivity index (χ0) is 19.3. The SMILES string of the molecule is CC(C)COC(=O)C(CCC(N)=O)c1cnc2cccc([N+](=O)[O-])c2c1. The topological polar surface area (TPSA) is 125 Å². The molecule has 0 aliphatic rings. The molecule has 8 nitrogen and oxygen atoms in total. The molecule has 138 valence electrons. The van der Waals surface area contributed by atoms with Gasteiger partial charge in [-0.3, -0.25) is 24.7 Å². The Labute approximate surface area is 150 Å². The van der Waals surface area contributed by atoms with Crippen LogP contribution in [0, 0.1) is 16.0 Å². The number of pyridine rings is 1. The maximum absolute atomic E-state index is 12.5. The summed E-state index contributed by atoms with van der Waals surface area (Å²) in [5, 5.41) is 11.6. The van der Waals surface area contributed by atoms with E-state index in [4.69, 9.17) is 10.5 Å². The van der Waals surface area contributed by atoms with Gasteiger partial charge in [0.05, 0.1) is 28.4 Å². The number of hydrogen-bond donors (Lipinski definition) is 1. The van der Waals surface area contributed by atoms with E-state index in [1.54, 1.807) is 18.2 Å². The van der Waals surface area contributed by atoms with Crippen molar-refractivity contribution in [3.05, 3.63) is 46.1 Å². The van der Waals surface area contributed by atoms with Gasteiger partial charge >= 0.3 is 5.97 Å². The Morgan fingerprint density at radius 2 is 2.08 bits per heavy atom. The van der Waals surface area contributed by atoms with E-state index in [9.17, 15) is 19.7 Å². The van der Waals surface area contributed by atoms with Crippen LogP contribution in [0.25, 0.3) is 10.9 Å². The van der Waals surface area contributed by atoms with Crippen LogP contribution >= 0.6 is 0 Å². The number of nitro groups is 1. The van der Waals surface area contributed by atoms with Gasteiger partial charge in [0.2, 0.25) is 5.91 Å². The van der Waals surface area contributed by atoms with E-state index < -0.39 is 22.7 Å². The van der Waals surface area contributed by atoms with Crippen LogP contribution in [0.2, 0.25) is 0 Å². The molecule has 1 aromatic heterocycles. The molecule has 26 heavy (non-hydrogen) atoms. The summed E-state index contributed by atoms with van der Waals surface area (Å²) < 4.78 is 5.29. The number of esters is 1. The van der Waals surface area contributed by atoms with Gasteiger partial charge in [-0.1, -0.05) is 19.9 Å². The Hall–Kier alpha value is -3.03. The van der Waals surface area contributed by atoms with Gasteiger partial charge in [0, 0.05) is 18.7 Å². The molecule has 1 aromatic carbocycles. The number of aromatic nitrogens is 1. The Kier molecular flexibility index (Phi) is 6.21. The minimum Gasteiger partial charge on any atom is -0.465 e. The first-order valence-electron chi connectivity index (χ1n) is 8.27. The van der Waals surface area contributed by atoms with Crippen LogP contribution in [0.15, 0.2) is 30.5 Å². The van der Waals surface area contributed by atoms with Crippen LogP contribution in [0.1, 0.15) is 38.2 Å². The summed E-state index contributed by atoms with van der Waals surface area (Å²) >= 11 is 0. The molecule has 0 saturated heterocycles. The van der Waals surface area contributed by atoms with Gasteiger partial charge in [-0.2, -0.15) is 0 Å². The fraction of sp³-hybridized carbons (Fsp3) is 0.389. The van der Waals surface area contributed by atoms with Crippen molar-refractivity contribution in [1.82, 2.24) is 4.98 Å². The highest BCUT2D eigenvalue weighted by Gasteiger charge is 2.25. The number of benzene rings is 1. The lowest BCUT2D eigenvalue weighted by atomic mass is 9.94. The van der Waals surface area contributed by atoms with Gasteiger partial charge in [0.25, 0.3) is 5.69 Å². The molecular weight excluding hydrogens is 338 g/mol. The number of nitrogens with two attached hydrogens (primary N) is 1. The summed E-state index contributed by atoms with van der Waals surface area (Å²) in [7, 11) is 0. The van der Waals surface area contributed by atoms with Crippen LogP contribution in [-0.4, -0.2) is 28.4 Å². The standard InChI is InChI=1S/C18H21N3O5/c1-11(2)10-26-18(23)13(6-7-17(19)22)12-8-14-15(20-9-12)4-3-5-16(14)21(24)25/h3-5,8-9,11,13H,6-7,10H2,1-2H3,(H2,19,22). The van der Waals surface area contributed by atoms with Crippen molar-refractivity contribution in [1.29, 1.82) is 0 Å². The molecule has 1 heterocycles. The number of carbonyl (C=O) groups is 2. The van der Waals surface area contributed by atoms with E-state index in [0.717, 1.165) is 0 Å². The number of rotatable bonds is 8. The number of hydrogen-bond acceptors (Lipinski definition) is 6. The van der Waals surface area contributed by atoms with Gasteiger partial charge in [-0.15, -0.1) is 0 Å². The summed E-state index contributed by atoms with van der Waals surface area (Å²) in [5.41, 5.74) is 6.01. The molecule has 0 radical (unpaired) electrons. The van der Waals surface area contributed by atoms with Crippen molar-refractivity contribution >= 4 is 28.5 Å². The molecule has 1 atom stereocenters. The highest BCUT2D eigenvalue weighted by atomic mass is 16.6. The van der Waals surface area contributed by atoms with E-state index in [1.807, 2.05) is 13.8 Å². The molecule has 1 unspecified atom stereocenters. The van der Waals surface area contributed by atoms with Gasteiger partial charge in [-0.05, 0) is 30.0 Å². The molecule has 0 spiro atoms. The summed E-state index contributed by atoms with van der Waals surface area (Å²) in [6, 6.07) is 6.14. The van der Waals surface area contributed by atoms with Gasteiger partial charge < -0.3 is 10.5 Å². The minimum absolute atomic E-state index is 0.00361.